The van der Waals surface area contributed by atoms with Crippen LogP contribution in [-0.4, -0.2) is 16.3 Å². The molecule has 96 valence electrons. The molecular formula is C15H21N3. The van der Waals surface area contributed by atoms with Gasteiger partial charge in [-0.25, -0.2) is 0 Å². The molecule has 0 spiro atoms. The predicted octanol–water partition coefficient (Wildman–Crippen LogP) is 3.12. The molecule has 0 amide bonds. The summed E-state index contributed by atoms with van der Waals surface area (Å²) in [5.41, 5.74) is 3.67. The highest BCUT2D eigenvalue weighted by Crippen LogP contribution is 2.07. The van der Waals surface area contributed by atoms with Crippen LogP contribution in [0.1, 0.15) is 25.2 Å². The van der Waals surface area contributed by atoms with Crippen LogP contribution in [0.5, 0.6) is 0 Å². The quantitative estimate of drug-likeness (QED) is 0.844. The second-order valence-corrected chi connectivity index (χ2v) is 4.35. The average Bonchev–Trinajstić information content (AvgIpc) is 2.82. The number of hydrogen-bond acceptors (Lipinski definition) is 2. The molecule has 0 atom stereocenters. The van der Waals surface area contributed by atoms with Crippen molar-refractivity contribution in [3.8, 4) is 0 Å². The van der Waals surface area contributed by atoms with E-state index in [4.69, 9.17) is 0 Å². The zero-order valence-electron chi connectivity index (χ0n) is 11.2. The monoisotopic (exact) mass is 243 g/mol. The van der Waals surface area contributed by atoms with E-state index in [0.29, 0.717) is 0 Å². The number of hydrogen-bond donors (Lipinski definition) is 1. The summed E-state index contributed by atoms with van der Waals surface area (Å²) in [6, 6.07) is 12.5. The number of anilines is 1. The second kappa shape index (κ2) is 6.24. The molecule has 3 nitrogen and oxygen atoms in total. The summed E-state index contributed by atoms with van der Waals surface area (Å²) in [5.74, 6) is 0. The Morgan fingerprint density at radius 1 is 1.11 bits per heavy atom. The Morgan fingerprint density at radius 2 is 1.89 bits per heavy atom. The summed E-state index contributed by atoms with van der Waals surface area (Å²) in [6.07, 6.45) is 2.05. The van der Waals surface area contributed by atoms with Gasteiger partial charge in [0, 0.05) is 17.9 Å². The van der Waals surface area contributed by atoms with E-state index in [1.54, 1.807) is 0 Å². The number of benzene rings is 1. The minimum Gasteiger partial charge on any atom is -0.383 e. The van der Waals surface area contributed by atoms with Crippen LogP contribution in [0, 0.1) is 0 Å². The Morgan fingerprint density at radius 3 is 2.56 bits per heavy atom. The summed E-state index contributed by atoms with van der Waals surface area (Å²) in [5, 5.41) is 8.02. The lowest BCUT2D eigenvalue weighted by Gasteiger charge is -2.08. The lowest BCUT2D eigenvalue weighted by molar-refractivity contribution is 0.600. The molecule has 0 fully saturated rings. The molecule has 0 aliphatic rings. The number of nitrogens with one attached hydrogen (secondary N) is 1. The first-order valence-corrected chi connectivity index (χ1v) is 6.68. The molecule has 0 aliphatic carbocycles. The first-order valence-electron chi connectivity index (χ1n) is 6.68. The fraction of sp³-hybridized carbons (Fsp3) is 0.400. The third kappa shape index (κ3) is 3.13. The second-order valence-electron chi connectivity index (χ2n) is 4.35. The molecule has 2 rings (SSSR count). The minimum absolute atomic E-state index is 0.905. The SMILES string of the molecule is CCc1cc(CC)n(CCNc2ccccc2)n1. The highest BCUT2D eigenvalue weighted by molar-refractivity contribution is 5.42. The van der Waals surface area contributed by atoms with Crippen LogP contribution in [0.15, 0.2) is 36.4 Å². The van der Waals surface area contributed by atoms with Gasteiger partial charge in [-0.05, 0) is 31.0 Å². The van der Waals surface area contributed by atoms with Crippen LogP contribution >= 0.6 is 0 Å². The average molecular weight is 243 g/mol. The Hall–Kier alpha value is -1.77. The summed E-state index contributed by atoms with van der Waals surface area (Å²) in [7, 11) is 0. The third-order valence-electron chi connectivity index (χ3n) is 3.06. The van der Waals surface area contributed by atoms with Gasteiger partial charge in [-0.2, -0.15) is 5.10 Å². The van der Waals surface area contributed by atoms with Crippen molar-refractivity contribution in [3.63, 3.8) is 0 Å². The molecule has 18 heavy (non-hydrogen) atoms. The van der Waals surface area contributed by atoms with Crippen molar-refractivity contribution < 1.29 is 0 Å². The fourth-order valence-corrected chi connectivity index (χ4v) is 2.03. The molecule has 1 aromatic heterocycles. The molecule has 1 heterocycles. The van der Waals surface area contributed by atoms with Crippen LogP contribution < -0.4 is 5.32 Å². The van der Waals surface area contributed by atoms with Crippen LogP contribution in [0.25, 0.3) is 0 Å². The van der Waals surface area contributed by atoms with Gasteiger partial charge in [0.2, 0.25) is 0 Å². The molecule has 0 radical (unpaired) electrons. The molecule has 2 aromatic rings. The summed E-state index contributed by atoms with van der Waals surface area (Å²) < 4.78 is 2.12. The summed E-state index contributed by atoms with van der Waals surface area (Å²) in [6.45, 7) is 6.14. The first-order chi connectivity index (χ1) is 8.83. The largest absolute Gasteiger partial charge is 0.383 e. The molecule has 0 unspecified atom stereocenters. The van der Waals surface area contributed by atoms with Gasteiger partial charge in [-0.15, -0.1) is 0 Å². The van der Waals surface area contributed by atoms with Crippen molar-refractivity contribution >= 4 is 5.69 Å². The van der Waals surface area contributed by atoms with Crippen LogP contribution in [0.2, 0.25) is 0 Å². The van der Waals surface area contributed by atoms with E-state index < -0.39 is 0 Å². The topological polar surface area (TPSA) is 29.9 Å². The van der Waals surface area contributed by atoms with Crippen LogP contribution in [0.3, 0.4) is 0 Å². The number of nitrogens with zero attached hydrogens (tertiary/aromatic N) is 2. The Labute approximate surface area is 109 Å². The molecule has 0 saturated heterocycles. The van der Waals surface area contributed by atoms with Crippen molar-refractivity contribution in [3.05, 3.63) is 47.8 Å². The van der Waals surface area contributed by atoms with Gasteiger partial charge in [0.05, 0.1) is 12.2 Å². The number of rotatable bonds is 6. The molecule has 0 aliphatic heterocycles. The number of aromatic nitrogens is 2. The normalized spacial score (nSPS) is 10.6. The van der Waals surface area contributed by atoms with Crippen molar-refractivity contribution in [1.29, 1.82) is 0 Å². The Balaban J connectivity index is 1.92. The highest BCUT2D eigenvalue weighted by Gasteiger charge is 2.04. The van der Waals surface area contributed by atoms with Crippen molar-refractivity contribution in [2.75, 3.05) is 11.9 Å². The predicted molar refractivity (Wildman–Crippen MR) is 75.9 cm³/mol. The molecule has 0 saturated carbocycles. The van der Waals surface area contributed by atoms with Crippen molar-refractivity contribution in [1.82, 2.24) is 9.78 Å². The van der Waals surface area contributed by atoms with E-state index in [-0.39, 0.29) is 0 Å². The van der Waals surface area contributed by atoms with E-state index in [1.807, 2.05) is 18.2 Å². The smallest absolute Gasteiger partial charge is 0.0624 e. The highest BCUT2D eigenvalue weighted by atomic mass is 15.3. The van der Waals surface area contributed by atoms with Gasteiger partial charge >= 0.3 is 0 Å². The maximum Gasteiger partial charge on any atom is 0.0624 e. The summed E-state index contributed by atoms with van der Waals surface area (Å²) >= 11 is 0. The zero-order valence-corrected chi connectivity index (χ0v) is 11.2. The molecule has 3 heteroatoms. The molecule has 1 aromatic carbocycles. The number of para-hydroxylation sites is 1. The summed E-state index contributed by atoms with van der Waals surface area (Å²) in [4.78, 5) is 0. The van der Waals surface area contributed by atoms with E-state index in [0.717, 1.165) is 25.9 Å². The Kier molecular flexibility index (Phi) is 4.40. The minimum atomic E-state index is 0.905. The van der Waals surface area contributed by atoms with Gasteiger partial charge in [0.15, 0.2) is 0 Å². The van der Waals surface area contributed by atoms with Gasteiger partial charge < -0.3 is 5.32 Å². The molecular weight excluding hydrogens is 222 g/mol. The fourth-order valence-electron chi connectivity index (χ4n) is 2.03. The lowest BCUT2D eigenvalue weighted by atomic mass is 10.2. The number of aryl methyl sites for hydroxylation is 2. The van der Waals surface area contributed by atoms with E-state index >= 15 is 0 Å². The molecule has 0 bridgehead atoms. The van der Waals surface area contributed by atoms with Crippen LogP contribution in [-0.2, 0) is 19.4 Å². The van der Waals surface area contributed by atoms with E-state index in [9.17, 15) is 0 Å². The van der Waals surface area contributed by atoms with Gasteiger partial charge in [0.25, 0.3) is 0 Å². The van der Waals surface area contributed by atoms with Crippen molar-refractivity contribution in [2.24, 2.45) is 0 Å². The first kappa shape index (κ1) is 12.7. The maximum atomic E-state index is 4.61. The van der Waals surface area contributed by atoms with Gasteiger partial charge in [-0.3, -0.25) is 4.68 Å². The van der Waals surface area contributed by atoms with E-state index in [1.165, 1.54) is 17.1 Å². The maximum absolute atomic E-state index is 4.61. The zero-order chi connectivity index (χ0) is 12.8. The molecule has 1 N–H and O–H groups in total. The third-order valence-corrected chi connectivity index (χ3v) is 3.06. The standard InChI is InChI=1S/C15H21N3/c1-3-13-12-15(4-2)18(17-13)11-10-16-14-8-6-5-7-9-14/h5-9,12,16H,3-4,10-11H2,1-2H3. The van der Waals surface area contributed by atoms with Gasteiger partial charge in [0.1, 0.15) is 0 Å². The van der Waals surface area contributed by atoms with E-state index in [2.05, 4.69) is 47.1 Å². The van der Waals surface area contributed by atoms with Crippen molar-refractivity contribution in [2.45, 2.75) is 33.2 Å². The lowest BCUT2D eigenvalue weighted by Crippen LogP contribution is -2.13. The Bertz CT molecular complexity index is 474. The van der Waals surface area contributed by atoms with Crippen LogP contribution in [0.4, 0.5) is 5.69 Å². The van der Waals surface area contributed by atoms with Gasteiger partial charge in [-0.1, -0.05) is 32.0 Å².